The Hall–Kier alpha value is -1.77. The number of nitrogens with two attached hydrogens (primary N) is 1. The van der Waals surface area contributed by atoms with Crippen LogP contribution in [0.5, 0.6) is 0 Å². The van der Waals surface area contributed by atoms with E-state index in [9.17, 15) is 0 Å². The average Bonchev–Trinajstić information content (AvgIpc) is 2.35. The van der Waals surface area contributed by atoms with Crippen molar-refractivity contribution in [2.45, 2.75) is 20.3 Å². The molecule has 2 aromatic rings. The lowest BCUT2D eigenvalue weighted by Crippen LogP contribution is -2.11. The number of anilines is 2. The van der Waals surface area contributed by atoms with Crippen molar-refractivity contribution < 1.29 is 0 Å². The summed E-state index contributed by atoms with van der Waals surface area (Å²) in [5, 5.41) is 4.44. The van der Waals surface area contributed by atoms with Crippen LogP contribution in [0.4, 0.5) is 11.5 Å². The van der Waals surface area contributed by atoms with Gasteiger partial charge in [-0.3, -0.25) is 0 Å². The minimum absolute atomic E-state index is 0.666. The summed E-state index contributed by atoms with van der Waals surface area (Å²) in [5.74, 6) is 1.60. The third-order valence-electron chi connectivity index (χ3n) is 3.04. The fraction of sp³-hybridized carbons (Fsp3) is 0.357. The maximum atomic E-state index is 5.73. The zero-order chi connectivity index (χ0) is 12.3. The molecule has 1 unspecified atom stereocenters. The molecule has 0 aliphatic carbocycles. The van der Waals surface area contributed by atoms with Crippen molar-refractivity contribution in [2.24, 2.45) is 5.92 Å². The van der Waals surface area contributed by atoms with E-state index in [2.05, 4.69) is 30.2 Å². The Balaban J connectivity index is 2.17. The Labute approximate surface area is 102 Å². The normalized spacial score (nSPS) is 12.6. The highest BCUT2D eigenvalue weighted by Crippen LogP contribution is 2.18. The van der Waals surface area contributed by atoms with Crippen LogP contribution >= 0.6 is 0 Å². The lowest BCUT2D eigenvalue weighted by molar-refractivity contribution is 0.592. The molecule has 0 saturated carbocycles. The molecule has 3 nitrogen and oxygen atoms in total. The SMILES string of the molecule is CCC(C)CNc1ccc2cc(N)ccc2n1. The summed E-state index contributed by atoms with van der Waals surface area (Å²) in [6.45, 7) is 5.39. The zero-order valence-corrected chi connectivity index (χ0v) is 10.4. The lowest BCUT2D eigenvalue weighted by atomic mass is 10.1. The van der Waals surface area contributed by atoms with Crippen LogP contribution in [-0.2, 0) is 0 Å². The number of nitrogen functional groups attached to an aromatic ring is 1. The van der Waals surface area contributed by atoms with Gasteiger partial charge >= 0.3 is 0 Å². The standard InChI is InChI=1S/C14H19N3/c1-3-10(2)9-16-14-7-4-11-8-12(15)5-6-13(11)17-14/h4-8,10H,3,9,15H2,1-2H3,(H,16,17). The van der Waals surface area contributed by atoms with Gasteiger partial charge in [0, 0.05) is 17.6 Å². The minimum atomic E-state index is 0.666. The van der Waals surface area contributed by atoms with E-state index < -0.39 is 0 Å². The summed E-state index contributed by atoms with van der Waals surface area (Å²) in [6, 6.07) is 9.84. The van der Waals surface area contributed by atoms with Gasteiger partial charge < -0.3 is 11.1 Å². The van der Waals surface area contributed by atoms with Crippen molar-refractivity contribution in [1.82, 2.24) is 4.98 Å². The monoisotopic (exact) mass is 229 g/mol. The molecule has 3 heteroatoms. The van der Waals surface area contributed by atoms with E-state index >= 15 is 0 Å². The van der Waals surface area contributed by atoms with Crippen LogP contribution in [0.1, 0.15) is 20.3 Å². The van der Waals surface area contributed by atoms with Gasteiger partial charge in [0.15, 0.2) is 0 Å². The first-order valence-electron chi connectivity index (χ1n) is 6.09. The molecule has 1 aromatic carbocycles. The number of rotatable bonds is 4. The van der Waals surface area contributed by atoms with Crippen LogP contribution < -0.4 is 11.1 Å². The Morgan fingerprint density at radius 2 is 2.12 bits per heavy atom. The molecule has 0 saturated heterocycles. The van der Waals surface area contributed by atoms with E-state index in [1.807, 2.05) is 24.3 Å². The van der Waals surface area contributed by atoms with Crippen molar-refractivity contribution >= 4 is 22.4 Å². The van der Waals surface area contributed by atoms with Gasteiger partial charge in [-0.25, -0.2) is 4.98 Å². The van der Waals surface area contributed by atoms with E-state index in [0.29, 0.717) is 5.92 Å². The van der Waals surface area contributed by atoms with E-state index in [1.165, 1.54) is 6.42 Å². The molecule has 17 heavy (non-hydrogen) atoms. The van der Waals surface area contributed by atoms with Gasteiger partial charge in [-0.1, -0.05) is 20.3 Å². The Kier molecular flexibility index (Phi) is 3.47. The molecule has 0 amide bonds. The third-order valence-corrected chi connectivity index (χ3v) is 3.04. The fourth-order valence-corrected chi connectivity index (χ4v) is 1.67. The highest BCUT2D eigenvalue weighted by atomic mass is 15.0. The molecule has 1 heterocycles. The molecule has 0 radical (unpaired) electrons. The fourth-order valence-electron chi connectivity index (χ4n) is 1.67. The van der Waals surface area contributed by atoms with Crippen molar-refractivity contribution in [3.63, 3.8) is 0 Å². The first-order chi connectivity index (χ1) is 8.19. The van der Waals surface area contributed by atoms with Crippen LogP contribution in [0, 0.1) is 5.92 Å². The van der Waals surface area contributed by atoms with E-state index in [1.54, 1.807) is 0 Å². The minimum Gasteiger partial charge on any atom is -0.399 e. The van der Waals surface area contributed by atoms with Crippen LogP contribution in [0.2, 0.25) is 0 Å². The van der Waals surface area contributed by atoms with Gasteiger partial charge in [0.2, 0.25) is 0 Å². The highest BCUT2D eigenvalue weighted by molar-refractivity contribution is 5.83. The highest BCUT2D eigenvalue weighted by Gasteiger charge is 2.01. The molecule has 1 atom stereocenters. The maximum absolute atomic E-state index is 5.73. The molecule has 1 aromatic heterocycles. The molecule has 0 aliphatic heterocycles. The summed E-state index contributed by atoms with van der Waals surface area (Å²) < 4.78 is 0. The second-order valence-corrected chi connectivity index (χ2v) is 4.54. The van der Waals surface area contributed by atoms with Gasteiger partial charge in [-0.15, -0.1) is 0 Å². The number of nitrogens with zero attached hydrogens (tertiary/aromatic N) is 1. The molecular weight excluding hydrogens is 210 g/mol. The quantitative estimate of drug-likeness (QED) is 0.791. The first kappa shape index (κ1) is 11.7. The number of fused-ring (bicyclic) bond motifs is 1. The Morgan fingerprint density at radius 3 is 2.88 bits per heavy atom. The molecule has 0 aliphatic rings. The van der Waals surface area contributed by atoms with E-state index in [4.69, 9.17) is 5.73 Å². The van der Waals surface area contributed by atoms with Crippen molar-refractivity contribution in [3.05, 3.63) is 30.3 Å². The number of aromatic nitrogens is 1. The molecule has 0 bridgehead atoms. The lowest BCUT2D eigenvalue weighted by Gasteiger charge is -2.11. The second-order valence-electron chi connectivity index (χ2n) is 4.54. The number of hydrogen-bond donors (Lipinski definition) is 2. The second kappa shape index (κ2) is 5.04. The van der Waals surface area contributed by atoms with Crippen molar-refractivity contribution in [3.8, 4) is 0 Å². The summed E-state index contributed by atoms with van der Waals surface area (Å²) in [6.07, 6.45) is 1.18. The van der Waals surface area contributed by atoms with Crippen LogP contribution in [0.3, 0.4) is 0 Å². The van der Waals surface area contributed by atoms with Crippen molar-refractivity contribution in [1.29, 1.82) is 0 Å². The molecule has 90 valence electrons. The summed E-state index contributed by atoms with van der Waals surface area (Å²) >= 11 is 0. The van der Waals surface area contributed by atoms with Gasteiger partial charge in [-0.2, -0.15) is 0 Å². The predicted molar refractivity (Wildman–Crippen MR) is 74.1 cm³/mol. The van der Waals surface area contributed by atoms with Gasteiger partial charge in [0.1, 0.15) is 5.82 Å². The topological polar surface area (TPSA) is 50.9 Å². The summed E-state index contributed by atoms with van der Waals surface area (Å²) in [4.78, 5) is 4.56. The van der Waals surface area contributed by atoms with Gasteiger partial charge in [0.05, 0.1) is 5.52 Å². The zero-order valence-electron chi connectivity index (χ0n) is 10.4. The summed E-state index contributed by atoms with van der Waals surface area (Å²) in [7, 11) is 0. The number of hydrogen-bond acceptors (Lipinski definition) is 3. The van der Waals surface area contributed by atoms with Crippen LogP contribution in [-0.4, -0.2) is 11.5 Å². The van der Waals surface area contributed by atoms with E-state index in [0.717, 1.165) is 29.0 Å². The number of pyridine rings is 1. The predicted octanol–water partition coefficient (Wildman–Crippen LogP) is 3.28. The van der Waals surface area contributed by atoms with Gasteiger partial charge in [-0.05, 0) is 36.2 Å². The average molecular weight is 229 g/mol. The first-order valence-corrected chi connectivity index (χ1v) is 6.09. The molecule has 2 rings (SSSR count). The Bertz CT molecular complexity index is 508. The molecule has 3 N–H and O–H groups in total. The largest absolute Gasteiger partial charge is 0.399 e. The van der Waals surface area contributed by atoms with Crippen molar-refractivity contribution in [2.75, 3.05) is 17.6 Å². The maximum Gasteiger partial charge on any atom is 0.126 e. The third kappa shape index (κ3) is 2.87. The van der Waals surface area contributed by atoms with Crippen LogP contribution in [0.15, 0.2) is 30.3 Å². The Morgan fingerprint density at radius 1 is 1.29 bits per heavy atom. The number of nitrogens with one attached hydrogen (secondary N) is 1. The molecule has 0 fully saturated rings. The van der Waals surface area contributed by atoms with E-state index in [-0.39, 0.29) is 0 Å². The molecule has 0 spiro atoms. The summed E-state index contributed by atoms with van der Waals surface area (Å²) in [5.41, 5.74) is 7.49. The molecular formula is C14H19N3. The van der Waals surface area contributed by atoms with Crippen LogP contribution in [0.25, 0.3) is 10.9 Å². The van der Waals surface area contributed by atoms with Gasteiger partial charge in [0.25, 0.3) is 0 Å². The number of benzene rings is 1. The smallest absolute Gasteiger partial charge is 0.126 e.